The van der Waals surface area contributed by atoms with Gasteiger partial charge in [0.25, 0.3) is 0 Å². The minimum Gasteiger partial charge on any atom is -0.361 e. The molecular formula is C22H28N2O4. The Morgan fingerprint density at radius 3 is 2.79 bits per heavy atom. The minimum absolute atomic E-state index is 0.0498. The largest absolute Gasteiger partial charge is 0.361 e. The molecule has 1 saturated heterocycles. The number of aromatic nitrogens is 1. The number of para-hydroxylation sites is 1. The van der Waals surface area contributed by atoms with Crippen LogP contribution in [0.4, 0.5) is 0 Å². The summed E-state index contributed by atoms with van der Waals surface area (Å²) >= 11 is 0. The zero-order valence-electron chi connectivity index (χ0n) is 16.5. The van der Waals surface area contributed by atoms with Gasteiger partial charge in [0.05, 0.1) is 13.2 Å². The number of hydrogen-bond donors (Lipinski definition) is 1. The van der Waals surface area contributed by atoms with E-state index in [1.165, 1.54) is 0 Å². The van der Waals surface area contributed by atoms with Crippen molar-refractivity contribution in [1.82, 2.24) is 4.98 Å². The maximum Gasteiger partial charge on any atom is 0.220 e. The van der Waals surface area contributed by atoms with Crippen LogP contribution in [0, 0.1) is 27.9 Å². The first kappa shape index (κ1) is 19.2. The summed E-state index contributed by atoms with van der Waals surface area (Å²) in [7, 11) is 0. The molecule has 1 saturated carbocycles. The number of fused-ring (bicyclic) bond motifs is 1. The quantitative estimate of drug-likeness (QED) is 0.473. The predicted molar refractivity (Wildman–Crippen MR) is 108 cm³/mol. The summed E-state index contributed by atoms with van der Waals surface area (Å²) < 4.78 is 12.1. The minimum atomic E-state index is -0.721. The van der Waals surface area contributed by atoms with Crippen LogP contribution in [0.25, 0.3) is 10.9 Å². The van der Waals surface area contributed by atoms with Gasteiger partial charge in [-0.3, -0.25) is 10.1 Å². The Morgan fingerprint density at radius 2 is 2.11 bits per heavy atom. The van der Waals surface area contributed by atoms with Crippen molar-refractivity contribution in [1.29, 1.82) is 0 Å². The third-order valence-electron chi connectivity index (χ3n) is 6.77. The van der Waals surface area contributed by atoms with E-state index in [0.717, 1.165) is 34.9 Å². The van der Waals surface area contributed by atoms with Gasteiger partial charge in [-0.25, -0.2) is 0 Å². The summed E-state index contributed by atoms with van der Waals surface area (Å²) in [6.07, 6.45) is 3.78. The molecule has 4 rings (SSSR count). The molecule has 2 aromatic rings. The molecule has 1 aliphatic carbocycles. The lowest BCUT2D eigenvalue weighted by Crippen LogP contribution is -2.52. The molecule has 2 heterocycles. The Balaban J connectivity index is 1.67. The van der Waals surface area contributed by atoms with Crippen molar-refractivity contribution in [2.75, 3.05) is 13.2 Å². The predicted octanol–water partition coefficient (Wildman–Crippen LogP) is 4.34. The van der Waals surface area contributed by atoms with Gasteiger partial charge >= 0.3 is 0 Å². The number of rotatable bonds is 5. The van der Waals surface area contributed by atoms with Crippen LogP contribution >= 0.6 is 0 Å². The van der Waals surface area contributed by atoms with E-state index in [4.69, 9.17) is 9.47 Å². The molecule has 0 unspecified atom stereocenters. The molecule has 0 bridgehead atoms. The first-order chi connectivity index (χ1) is 13.4. The maximum atomic E-state index is 12.2. The number of nitrogens with one attached hydrogen (secondary N) is 1. The van der Waals surface area contributed by atoms with Crippen molar-refractivity contribution in [3.05, 3.63) is 58.3 Å². The van der Waals surface area contributed by atoms with Crippen LogP contribution < -0.4 is 0 Å². The molecule has 150 valence electrons. The average molecular weight is 384 g/mol. The standard InChI is InChI=1S/C22H28N2O4/c1-14(2)16-10-19(15(3)22(12-16)27-8-9-28-22)21(24(25)26)11-17-13-23-20-7-5-4-6-18(17)20/h4-7,13,15-16,19,21,23H,1,8-12H2,2-3H3/t15-,16-,19+,21+/m0/s1. The van der Waals surface area contributed by atoms with Crippen LogP contribution in [0.5, 0.6) is 0 Å². The normalized spacial score (nSPS) is 27.9. The lowest BCUT2D eigenvalue weighted by molar-refractivity contribution is -0.537. The van der Waals surface area contributed by atoms with E-state index in [1.807, 2.05) is 37.4 Å². The van der Waals surface area contributed by atoms with Gasteiger partial charge in [0, 0.05) is 46.7 Å². The van der Waals surface area contributed by atoms with Crippen molar-refractivity contribution in [2.45, 2.75) is 44.9 Å². The summed E-state index contributed by atoms with van der Waals surface area (Å²) in [6.45, 7) is 9.28. The van der Waals surface area contributed by atoms with Gasteiger partial charge in [-0.05, 0) is 30.9 Å². The van der Waals surface area contributed by atoms with Gasteiger partial charge in [-0.1, -0.05) is 37.3 Å². The van der Waals surface area contributed by atoms with E-state index >= 15 is 0 Å². The second-order valence-electron chi connectivity index (χ2n) is 8.36. The molecule has 4 atom stereocenters. The molecule has 6 nitrogen and oxygen atoms in total. The van der Waals surface area contributed by atoms with Crippen LogP contribution in [0.1, 0.15) is 32.3 Å². The average Bonchev–Trinajstić information content (AvgIpc) is 3.30. The highest BCUT2D eigenvalue weighted by Gasteiger charge is 2.55. The second-order valence-corrected chi connectivity index (χ2v) is 8.36. The summed E-state index contributed by atoms with van der Waals surface area (Å²) in [5, 5.41) is 13.2. The first-order valence-corrected chi connectivity index (χ1v) is 10.0. The Bertz CT molecular complexity index is 884. The number of hydrogen-bond acceptors (Lipinski definition) is 4. The number of allylic oxidation sites excluding steroid dienone is 1. The monoisotopic (exact) mass is 384 g/mol. The molecule has 28 heavy (non-hydrogen) atoms. The summed E-state index contributed by atoms with van der Waals surface area (Å²) in [5.74, 6) is -0.741. The van der Waals surface area contributed by atoms with Crippen molar-refractivity contribution < 1.29 is 14.4 Å². The summed E-state index contributed by atoms with van der Waals surface area (Å²) in [4.78, 5) is 15.3. The molecule has 1 spiro atoms. The molecule has 1 aromatic heterocycles. The zero-order chi connectivity index (χ0) is 19.9. The highest BCUT2D eigenvalue weighted by molar-refractivity contribution is 5.83. The van der Waals surface area contributed by atoms with Crippen molar-refractivity contribution in [2.24, 2.45) is 17.8 Å². The topological polar surface area (TPSA) is 77.4 Å². The molecule has 1 aliphatic heterocycles. The van der Waals surface area contributed by atoms with E-state index in [-0.39, 0.29) is 22.7 Å². The van der Waals surface area contributed by atoms with Crippen LogP contribution in [-0.2, 0) is 15.9 Å². The Hall–Kier alpha value is -2.18. The van der Waals surface area contributed by atoms with E-state index < -0.39 is 11.8 Å². The van der Waals surface area contributed by atoms with Gasteiger partial charge in [0.15, 0.2) is 5.79 Å². The van der Waals surface area contributed by atoms with E-state index in [1.54, 1.807) is 0 Å². The van der Waals surface area contributed by atoms with Crippen molar-refractivity contribution in [3.8, 4) is 0 Å². The number of aromatic amines is 1. The SMILES string of the molecule is C=C(C)[C@H]1C[C@@H]([C@@H](Cc2c[nH]c3ccccc23)[N+](=O)[O-])[C@H](C)C2(C1)OCCO2. The molecule has 1 aromatic carbocycles. The van der Waals surface area contributed by atoms with E-state index in [0.29, 0.717) is 19.6 Å². The lowest BCUT2D eigenvalue weighted by Gasteiger charge is -2.46. The van der Waals surface area contributed by atoms with Crippen LogP contribution in [0.2, 0.25) is 0 Å². The highest BCUT2D eigenvalue weighted by Crippen LogP contribution is 2.49. The molecule has 1 N–H and O–H groups in total. The molecule has 0 radical (unpaired) electrons. The van der Waals surface area contributed by atoms with E-state index in [9.17, 15) is 10.1 Å². The van der Waals surface area contributed by atoms with Gasteiger partial charge in [-0.15, -0.1) is 0 Å². The Morgan fingerprint density at radius 1 is 1.39 bits per heavy atom. The molecule has 0 amide bonds. The summed E-state index contributed by atoms with van der Waals surface area (Å²) in [6, 6.07) is 7.25. The zero-order valence-corrected chi connectivity index (χ0v) is 16.5. The van der Waals surface area contributed by atoms with E-state index in [2.05, 4.69) is 18.5 Å². The number of ether oxygens (including phenoxy) is 2. The van der Waals surface area contributed by atoms with Crippen LogP contribution in [0.15, 0.2) is 42.6 Å². The highest BCUT2D eigenvalue weighted by atomic mass is 16.7. The van der Waals surface area contributed by atoms with Gasteiger partial charge in [0.1, 0.15) is 0 Å². The molecule has 2 fully saturated rings. The number of H-pyrrole nitrogens is 1. The first-order valence-electron chi connectivity index (χ1n) is 10.0. The van der Waals surface area contributed by atoms with Gasteiger partial charge in [0.2, 0.25) is 6.04 Å². The second kappa shape index (κ2) is 7.33. The Kier molecular flexibility index (Phi) is 5.02. The third kappa shape index (κ3) is 3.25. The van der Waals surface area contributed by atoms with Crippen LogP contribution in [0.3, 0.4) is 0 Å². The fourth-order valence-corrected chi connectivity index (χ4v) is 5.10. The van der Waals surface area contributed by atoms with Crippen molar-refractivity contribution in [3.63, 3.8) is 0 Å². The smallest absolute Gasteiger partial charge is 0.220 e. The van der Waals surface area contributed by atoms with Crippen LogP contribution in [-0.4, -0.2) is 35.0 Å². The van der Waals surface area contributed by atoms with Gasteiger partial charge < -0.3 is 14.5 Å². The molecule has 2 aliphatic rings. The molecule has 6 heteroatoms. The third-order valence-corrected chi connectivity index (χ3v) is 6.77. The fraction of sp³-hybridized carbons (Fsp3) is 0.545. The van der Waals surface area contributed by atoms with Gasteiger partial charge in [-0.2, -0.15) is 0 Å². The van der Waals surface area contributed by atoms with Crippen molar-refractivity contribution >= 4 is 10.9 Å². The number of nitro groups is 1. The number of nitrogens with zero attached hydrogens (tertiary/aromatic N) is 1. The molecular weight excluding hydrogens is 356 g/mol. The summed E-state index contributed by atoms with van der Waals surface area (Å²) in [5.41, 5.74) is 3.05. The lowest BCUT2D eigenvalue weighted by atomic mass is 9.66. The Labute approximate surface area is 165 Å². The maximum absolute atomic E-state index is 12.2. The fourth-order valence-electron chi connectivity index (χ4n) is 5.10. The number of benzene rings is 1.